The number of amides is 2. The van der Waals surface area contributed by atoms with Crippen molar-refractivity contribution in [1.29, 1.82) is 0 Å². The van der Waals surface area contributed by atoms with Crippen LogP contribution in [0.4, 0.5) is 0 Å². The maximum Gasteiger partial charge on any atom is 0.304 e. The fraction of sp³-hybridized carbons (Fsp3) is 0.781. The van der Waals surface area contributed by atoms with E-state index < -0.39 is 78.0 Å². The molecule has 0 aromatic rings. The van der Waals surface area contributed by atoms with Gasteiger partial charge in [-0.2, -0.15) is 0 Å². The molecule has 280 valence electrons. The first-order chi connectivity index (χ1) is 22.8. The van der Waals surface area contributed by atoms with Crippen molar-refractivity contribution in [2.75, 3.05) is 23.0 Å². The molecule has 0 aliphatic carbocycles. The predicted octanol–water partition coefficient (Wildman–Crippen LogP) is 2.29. The molecule has 0 saturated carbocycles. The lowest BCUT2D eigenvalue weighted by atomic mass is 9.94. The number of Topliss-reactive ketones (excluding diaryl/α,β-unsaturated/α-hetero) is 4. The Morgan fingerprint density at radius 2 is 1.29 bits per heavy atom. The van der Waals surface area contributed by atoms with Gasteiger partial charge in [-0.3, -0.25) is 33.6 Å². The number of carbonyl (C=O) groups is 7. The van der Waals surface area contributed by atoms with Crippen molar-refractivity contribution in [3.8, 4) is 0 Å². The molecule has 1 fully saturated rings. The molecule has 13 nitrogen and oxygen atoms in total. The molecular weight excluding hydrogens is 713 g/mol. The van der Waals surface area contributed by atoms with E-state index in [1.165, 1.54) is 57.0 Å². The van der Waals surface area contributed by atoms with Gasteiger partial charge in [-0.05, 0) is 13.8 Å². The number of aliphatic carboxylic acids is 1. The van der Waals surface area contributed by atoms with E-state index in [1.807, 2.05) is 27.7 Å². The van der Waals surface area contributed by atoms with E-state index in [2.05, 4.69) is 21.3 Å². The summed E-state index contributed by atoms with van der Waals surface area (Å²) >= 11 is 0. The first kappa shape index (κ1) is 45.4. The monoisotopic (exact) mass is 766 g/mol. The maximum atomic E-state index is 13.5. The first-order valence-electron chi connectivity index (χ1n) is 16.4. The summed E-state index contributed by atoms with van der Waals surface area (Å²) in [6, 6.07) is -3.96. The van der Waals surface area contributed by atoms with Crippen molar-refractivity contribution in [3.05, 3.63) is 0 Å². The molecule has 1 unspecified atom stereocenters. The molecule has 0 spiro atoms. The molecule has 0 aromatic heterocycles. The highest BCUT2D eigenvalue weighted by Crippen LogP contribution is 2.29. The molecule has 6 N–H and O–H groups in total. The van der Waals surface area contributed by atoms with Crippen molar-refractivity contribution in [2.24, 2.45) is 17.8 Å². The topological polar surface area (TPSA) is 208 Å². The van der Waals surface area contributed by atoms with Crippen LogP contribution in [-0.2, 0) is 33.6 Å². The van der Waals surface area contributed by atoms with Crippen molar-refractivity contribution >= 4 is 84.1 Å². The zero-order chi connectivity index (χ0) is 37.4. The molecule has 1 aliphatic rings. The first-order valence-corrected chi connectivity index (χ1v) is 21.4. The van der Waals surface area contributed by atoms with Gasteiger partial charge in [-0.25, -0.2) is 0 Å². The van der Waals surface area contributed by atoms with Gasteiger partial charge in [0.1, 0.15) is 11.8 Å². The third kappa shape index (κ3) is 17.4. The number of aliphatic hydroxyl groups is 1. The lowest BCUT2D eigenvalue weighted by Gasteiger charge is -2.27. The normalized spacial score (nSPS) is 27.2. The zero-order valence-electron chi connectivity index (χ0n) is 29.6. The number of aliphatic hydroxyl groups excluding tert-OH is 1. The van der Waals surface area contributed by atoms with E-state index in [9.17, 15) is 43.8 Å². The van der Waals surface area contributed by atoms with Crippen LogP contribution in [0.3, 0.4) is 0 Å². The van der Waals surface area contributed by atoms with Crippen LogP contribution in [0.2, 0.25) is 0 Å². The van der Waals surface area contributed by atoms with Gasteiger partial charge in [0.2, 0.25) is 11.8 Å². The Balaban J connectivity index is 3.48. The van der Waals surface area contributed by atoms with Gasteiger partial charge in [0.25, 0.3) is 0 Å². The summed E-state index contributed by atoms with van der Waals surface area (Å²) in [5, 5.41) is 31.7. The summed E-state index contributed by atoms with van der Waals surface area (Å²) < 4.78 is 0. The zero-order valence-corrected chi connectivity index (χ0v) is 32.9. The molecule has 0 bridgehead atoms. The molecule has 1 aliphatic heterocycles. The summed E-state index contributed by atoms with van der Waals surface area (Å²) in [5.41, 5.74) is 0. The lowest BCUT2D eigenvalue weighted by Crippen LogP contribution is -2.55. The summed E-state index contributed by atoms with van der Waals surface area (Å²) in [6.45, 7) is 13.6. The Hall–Kier alpha value is -1.63. The molecule has 49 heavy (non-hydrogen) atoms. The molecule has 0 aromatic carbocycles. The number of carbonyl (C=O) groups excluding carboxylic acids is 6. The Morgan fingerprint density at radius 1 is 0.755 bits per heavy atom. The molecule has 1 heterocycles. The minimum atomic E-state index is -1.26. The van der Waals surface area contributed by atoms with Crippen LogP contribution in [-0.4, -0.2) is 116 Å². The van der Waals surface area contributed by atoms with Gasteiger partial charge in [-0.1, -0.05) is 84.7 Å². The largest absolute Gasteiger partial charge is 0.481 e. The number of hydrogen-bond acceptors (Lipinski definition) is 14. The lowest BCUT2D eigenvalue weighted by molar-refractivity contribution is -0.142. The van der Waals surface area contributed by atoms with Crippen molar-refractivity contribution in [1.82, 2.24) is 21.3 Å². The van der Waals surface area contributed by atoms with Crippen molar-refractivity contribution in [3.63, 3.8) is 0 Å². The van der Waals surface area contributed by atoms with Gasteiger partial charge in [0.15, 0.2) is 17.3 Å². The van der Waals surface area contributed by atoms with Crippen molar-refractivity contribution in [2.45, 2.75) is 117 Å². The van der Waals surface area contributed by atoms with Crippen LogP contribution in [0.25, 0.3) is 0 Å². The summed E-state index contributed by atoms with van der Waals surface area (Å²) in [4.78, 5) is 91.2. The number of nitrogens with one attached hydrogen (secondary N) is 4. The van der Waals surface area contributed by atoms with Gasteiger partial charge in [-0.15, -0.1) is 0 Å². The minimum Gasteiger partial charge on any atom is -0.481 e. The van der Waals surface area contributed by atoms with Gasteiger partial charge in [0.05, 0.1) is 36.6 Å². The minimum absolute atomic E-state index is 0.113. The Bertz CT molecular complexity index is 1160. The number of ketones is 4. The number of hydrogen-bond donors (Lipinski definition) is 6. The summed E-state index contributed by atoms with van der Waals surface area (Å²) in [5.74, 6) is -5.38. The number of carboxylic acid groups (broad SMARTS) is 1. The molecule has 1 rings (SSSR count). The fourth-order valence-electron chi connectivity index (χ4n) is 4.87. The number of rotatable bonds is 10. The number of carboxylic acids is 1. The Labute approximate surface area is 305 Å². The third-order valence-corrected chi connectivity index (χ3v) is 12.4. The Kier molecular flexibility index (Phi) is 21.3. The van der Waals surface area contributed by atoms with Gasteiger partial charge < -0.3 is 31.5 Å². The highest BCUT2D eigenvalue weighted by Gasteiger charge is 2.34. The van der Waals surface area contributed by atoms with E-state index in [1.54, 1.807) is 13.8 Å². The van der Waals surface area contributed by atoms with E-state index in [4.69, 9.17) is 0 Å². The molecular formula is C32H54N4O9S4. The molecule has 17 heteroatoms. The van der Waals surface area contributed by atoms with Crippen LogP contribution in [0.15, 0.2) is 0 Å². The van der Waals surface area contributed by atoms with E-state index >= 15 is 0 Å². The molecule has 2 amide bonds. The quantitative estimate of drug-likeness (QED) is 0.176. The average Bonchev–Trinajstić information content (AvgIpc) is 2.98. The molecule has 7 atom stereocenters. The second kappa shape index (κ2) is 23.0. The highest BCUT2D eigenvalue weighted by atomic mass is 33.1. The second-order valence-corrected chi connectivity index (χ2v) is 18.3. The van der Waals surface area contributed by atoms with Crippen LogP contribution in [0, 0.1) is 17.8 Å². The fourth-order valence-corrected chi connectivity index (χ4v) is 9.83. The summed E-state index contributed by atoms with van der Waals surface area (Å²) in [7, 11) is 5.09. The molecule has 1 saturated heterocycles. The highest BCUT2D eigenvalue weighted by molar-refractivity contribution is 8.77. The van der Waals surface area contributed by atoms with E-state index in [-0.39, 0.29) is 65.3 Å². The van der Waals surface area contributed by atoms with Crippen molar-refractivity contribution < 1.29 is 43.8 Å². The van der Waals surface area contributed by atoms with Crippen LogP contribution in [0.5, 0.6) is 0 Å². The van der Waals surface area contributed by atoms with E-state index in [0.29, 0.717) is 0 Å². The van der Waals surface area contributed by atoms with Crippen LogP contribution in [0.1, 0.15) is 74.7 Å². The van der Waals surface area contributed by atoms with E-state index in [0.717, 1.165) is 0 Å². The SMILES string of the molecule is CC(=O)[C@@H]1CSSC[C@H](NC(C)C)C(=O)C[C@@H](CC(=O)O)C(=O)N[C@H](C(=O)C(C)C)CSSC[C@H](NC(C)C)C(=O)NC([C@@H](C)O)C(=O)C1. The van der Waals surface area contributed by atoms with Gasteiger partial charge in [0, 0.05) is 59.8 Å². The van der Waals surface area contributed by atoms with Gasteiger partial charge >= 0.3 is 5.97 Å². The smallest absolute Gasteiger partial charge is 0.304 e. The predicted molar refractivity (Wildman–Crippen MR) is 199 cm³/mol. The maximum absolute atomic E-state index is 13.5. The third-order valence-electron chi connectivity index (χ3n) is 7.53. The van der Waals surface area contributed by atoms with Crippen LogP contribution < -0.4 is 21.3 Å². The average molecular weight is 767 g/mol. The summed E-state index contributed by atoms with van der Waals surface area (Å²) in [6.07, 6.45) is -2.38. The Morgan fingerprint density at radius 3 is 1.80 bits per heavy atom. The van der Waals surface area contributed by atoms with Crippen LogP contribution >= 0.6 is 43.2 Å². The molecule has 0 radical (unpaired) electrons. The second-order valence-electron chi connectivity index (χ2n) is 13.2. The standard InChI is InChI=1S/C32H54N4O9S4/c1-16(2)30(43)24-14-48-49-15-25(34-18(5)6)32(45)36-29(20(8)38)27(40)10-22(19(7)37)12-46-47-13-23(33-17(3)4)26(39)9-21(11-28(41)42)31(44)35-24/h16-18,20-25,29,33-34,38H,9-15H2,1-8H3,(H,35,44)(H,36,45)(H,41,42)/t20-,21+,22+,23+,24+,25+,29?/m1/s1.